The molecule has 2 fully saturated rings. The Balaban J connectivity index is 2.00. The van der Waals surface area contributed by atoms with Gasteiger partial charge in [0.05, 0.1) is 6.20 Å². The van der Waals surface area contributed by atoms with Gasteiger partial charge >= 0.3 is 12.2 Å². The van der Waals surface area contributed by atoms with E-state index < -0.39 is 50.8 Å². The number of aromatic nitrogens is 2. The molecule has 1 unspecified atom stereocenters. The van der Waals surface area contributed by atoms with Crippen LogP contribution >= 0.6 is 0 Å². The molecule has 1 aromatic heterocycles. The Labute approximate surface area is 140 Å². The van der Waals surface area contributed by atoms with Gasteiger partial charge < -0.3 is 5.32 Å². The van der Waals surface area contributed by atoms with Gasteiger partial charge in [-0.1, -0.05) is 0 Å². The van der Waals surface area contributed by atoms with Crippen LogP contribution in [0.5, 0.6) is 0 Å². The Morgan fingerprint density at radius 3 is 2.56 bits per heavy atom. The standard InChI is InChI=1S/C12H14F3N5O4S/c1-19-8(7(5-16-19)12(13,14)15)25(23,24)20-4-2-3-11(6-20)9(21)17-10(22)18-11/h5H,2-4,6H2,1H3,(H2,17,18,21,22). The molecule has 2 N–H and O–H groups in total. The molecule has 0 aliphatic carbocycles. The van der Waals surface area contributed by atoms with Gasteiger partial charge in [-0.05, 0) is 12.8 Å². The van der Waals surface area contributed by atoms with Gasteiger partial charge in [-0.2, -0.15) is 22.6 Å². The number of piperidine rings is 1. The van der Waals surface area contributed by atoms with Gasteiger partial charge in [0.2, 0.25) is 0 Å². The van der Waals surface area contributed by atoms with Crippen LogP contribution < -0.4 is 10.6 Å². The van der Waals surface area contributed by atoms with Crippen molar-refractivity contribution in [3.63, 3.8) is 0 Å². The van der Waals surface area contributed by atoms with Gasteiger partial charge in [0, 0.05) is 20.1 Å². The first-order chi connectivity index (χ1) is 11.5. The number of hydrogen-bond acceptors (Lipinski definition) is 5. The number of imide groups is 1. The number of sulfonamides is 1. The van der Waals surface area contributed by atoms with Crippen molar-refractivity contribution < 1.29 is 31.2 Å². The molecular weight excluding hydrogens is 367 g/mol. The summed E-state index contributed by atoms with van der Waals surface area (Å²) >= 11 is 0. The Morgan fingerprint density at radius 2 is 2.00 bits per heavy atom. The van der Waals surface area contributed by atoms with Crippen LogP contribution in [0.4, 0.5) is 18.0 Å². The Kier molecular flexibility index (Phi) is 3.83. The lowest BCUT2D eigenvalue weighted by atomic mass is 9.90. The van der Waals surface area contributed by atoms with Gasteiger partial charge in [0.1, 0.15) is 11.1 Å². The molecule has 0 aromatic carbocycles. The number of nitrogens with zero attached hydrogens (tertiary/aromatic N) is 3. The number of carbonyl (C=O) groups excluding carboxylic acids is 2. The molecule has 1 spiro atoms. The van der Waals surface area contributed by atoms with Crippen molar-refractivity contribution in [2.24, 2.45) is 7.05 Å². The van der Waals surface area contributed by atoms with E-state index in [0.29, 0.717) is 10.9 Å². The van der Waals surface area contributed by atoms with Crippen LogP contribution in [-0.2, 0) is 28.0 Å². The fourth-order valence-electron chi connectivity index (χ4n) is 3.09. The second-order valence-corrected chi connectivity index (χ2v) is 7.77. The maximum Gasteiger partial charge on any atom is 0.420 e. The van der Waals surface area contributed by atoms with E-state index in [2.05, 4.69) is 10.4 Å². The molecule has 13 heteroatoms. The Morgan fingerprint density at radius 1 is 1.32 bits per heavy atom. The molecule has 1 atom stereocenters. The lowest BCUT2D eigenvalue weighted by molar-refractivity contribution is -0.140. The lowest BCUT2D eigenvalue weighted by Gasteiger charge is -2.37. The molecule has 3 amide bonds. The third-order valence-corrected chi connectivity index (χ3v) is 6.21. The van der Waals surface area contributed by atoms with Crippen LogP contribution in [-0.4, -0.2) is 53.1 Å². The Hall–Kier alpha value is -2.15. The van der Waals surface area contributed by atoms with Crippen LogP contribution in [0.25, 0.3) is 0 Å². The molecule has 9 nitrogen and oxygen atoms in total. The van der Waals surface area contributed by atoms with Crippen molar-refractivity contribution in [1.82, 2.24) is 24.7 Å². The number of rotatable bonds is 2. The summed E-state index contributed by atoms with van der Waals surface area (Å²) in [6.07, 6.45) is -4.07. The number of nitrogens with one attached hydrogen (secondary N) is 2. The van der Waals surface area contributed by atoms with Crippen molar-refractivity contribution in [2.45, 2.75) is 29.6 Å². The molecule has 2 saturated heterocycles. The van der Waals surface area contributed by atoms with Crippen molar-refractivity contribution in [2.75, 3.05) is 13.1 Å². The summed E-state index contributed by atoms with van der Waals surface area (Å²) < 4.78 is 66.3. The van der Waals surface area contributed by atoms with Crippen molar-refractivity contribution in [1.29, 1.82) is 0 Å². The SMILES string of the molecule is Cn1ncc(C(F)(F)F)c1S(=O)(=O)N1CCCC2(C1)NC(=O)NC2=O. The second-order valence-electron chi connectivity index (χ2n) is 5.92. The minimum absolute atomic E-state index is 0.0737. The van der Waals surface area contributed by atoms with Gasteiger partial charge in [0.25, 0.3) is 15.9 Å². The average molecular weight is 381 g/mol. The zero-order chi connectivity index (χ0) is 18.6. The predicted octanol–water partition coefficient (Wildman–Crippen LogP) is -0.198. The summed E-state index contributed by atoms with van der Waals surface area (Å²) in [5, 5.41) is 6.80. The zero-order valence-corrected chi connectivity index (χ0v) is 13.7. The summed E-state index contributed by atoms with van der Waals surface area (Å²) in [6.45, 7) is -0.523. The van der Waals surface area contributed by atoms with Crippen LogP contribution in [0, 0.1) is 0 Å². The maximum absolute atomic E-state index is 13.1. The monoisotopic (exact) mass is 381 g/mol. The van der Waals surface area contributed by atoms with Crippen LogP contribution in [0.1, 0.15) is 18.4 Å². The second kappa shape index (κ2) is 5.42. The summed E-state index contributed by atoms with van der Waals surface area (Å²) in [5.74, 6) is -0.696. The topological polar surface area (TPSA) is 113 Å². The number of hydrogen-bond donors (Lipinski definition) is 2. The highest BCUT2D eigenvalue weighted by molar-refractivity contribution is 7.89. The van der Waals surface area contributed by atoms with Crippen LogP contribution in [0.15, 0.2) is 11.2 Å². The third kappa shape index (κ3) is 2.76. The van der Waals surface area contributed by atoms with E-state index in [9.17, 15) is 31.2 Å². The highest BCUT2D eigenvalue weighted by Gasteiger charge is 2.52. The minimum Gasteiger partial charge on any atom is -0.322 e. The molecule has 2 aliphatic heterocycles. The molecule has 138 valence electrons. The molecule has 1 aromatic rings. The Bertz CT molecular complexity index is 849. The molecule has 2 aliphatic rings. The number of halogens is 3. The van der Waals surface area contributed by atoms with Crippen LogP contribution in [0.2, 0.25) is 0 Å². The van der Waals surface area contributed by atoms with Crippen LogP contribution in [0.3, 0.4) is 0 Å². The van der Waals surface area contributed by atoms with E-state index in [-0.39, 0.29) is 19.4 Å². The number of amides is 3. The van der Waals surface area contributed by atoms with Gasteiger partial charge in [0.15, 0.2) is 5.03 Å². The van der Waals surface area contributed by atoms with E-state index in [1.54, 1.807) is 0 Å². The number of urea groups is 1. The van der Waals surface area contributed by atoms with Crippen molar-refractivity contribution in [3.8, 4) is 0 Å². The highest BCUT2D eigenvalue weighted by Crippen LogP contribution is 2.36. The largest absolute Gasteiger partial charge is 0.420 e. The minimum atomic E-state index is -4.90. The normalized spacial score (nSPS) is 25.3. The van der Waals surface area contributed by atoms with E-state index >= 15 is 0 Å². The molecule has 25 heavy (non-hydrogen) atoms. The fraction of sp³-hybridized carbons (Fsp3) is 0.583. The predicted molar refractivity (Wildman–Crippen MR) is 75.6 cm³/mol. The van der Waals surface area contributed by atoms with E-state index in [1.165, 1.54) is 0 Å². The van der Waals surface area contributed by atoms with E-state index in [4.69, 9.17) is 0 Å². The van der Waals surface area contributed by atoms with Gasteiger partial charge in [-0.15, -0.1) is 0 Å². The summed E-state index contributed by atoms with van der Waals surface area (Å²) in [7, 11) is -3.50. The van der Waals surface area contributed by atoms with Gasteiger partial charge in [-0.25, -0.2) is 13.2 Å². The van der Waals surface area contributed by atoms with Gasteiger partial charge in [-0.3, -0.25) is 14.8 Å². The first-order valence-corrected chi connectivity index (χ1v) is 8.64. The number of carbonyl (C=O) groups is 2. The summed E-state index contributed by atoms with van der Waals surface area (Å²) in [6, 6.07) is -0.763. The number of aryl methyl sites for hydroxylation is 1. The fourth-order valence-corrected chi connectivity index (χ4v) is 4.92. The quantitative estimate of drug-likeness (QED) is 0.689. The third-order valence-electron chi connectivity index (χ3n) is 4.25. The lowest BCUT2D eigenvalue weighted by Crippen LogP contribution is -2.59. The molecule has 0 bridgehead atoms. The smallest absolute Gasteiger partial charge is 0.322 e. The molecular formula is C12H14F3N5O4S. The zero-order valence-electron chi connectivity index (χ0n) is 12.9. The molecule has 3 heterocycles. The summed E-state index contributed by atoms with van der Waals surface area (Å²) in [5.41, 5.74) is -2.85. The molecule has 0 radical (unpaired) electrons. The van der Waals surface area contributed by atoms with E-state index in [0.717, 1.165) is 11.4 Å². The maximum atomic E-state index is 13.1. The van der Waals surface area contributed by atoms with E-state index in [1.807, 2.05) is 5.32 Å². The average Bonchev–Trinajstić information content (AvgIpc) is 3.00. The first-order valence-electron chi connectivity index (χ1n) is 7.20. The van der Waals surface area contributed by atoms with Crippen molar-refractivity contribution in [3.05, 3.63) is 11.8 Å². The summed E-state index contributed by atoms with van der Waals surface area (Å²) in [4.78, 5) is 23.4. The molecule has 3 rings (SSSR count). The molecule has 0 saturated carbocycles. The number of alkyl halides is 3. The highest BCUT2D eigenvalue weighted by atomic mass is 32.2. The van der Waals surface area contributed by atoms with Crippen molar-refractivity contribution >= 4 is 22.0 Å². The first kappa shape index (κ1) is 17.7.